The molecule has 0 bridgehead atoms. The van der Waals surface area contributed by atoms with Gasteiger partial charge in [0.05, 0.1) is 5.02 Å². The monoisotopic (exact) mass is 411 g/mol. The summed E-state index contributed by atoms with van der Waals surface area (Å²) in [6, 6.07) is 10.8. The second-order valence-electron chi connectivity index (χ2n) is 5.24. The van der Waals surface area contributed by atoms with Crippen molar-refractivity contribution in [3.8, 4) is 17.2 Å². The molecule has 0 aromatic heterocycles. The predicted octanol–water partition coefficient (Wildman–Crippen LogP) is 3.91. The smallest absolute Gasteiger partial charge is 0.261 e. The van der Waals surface area contributed by atoms with Gasteiger partial charge in [-0.15, -0.1) is 0 Å². The van der Waals surface area contributed by atoms with Crippen LogP contribution in [0, 0.1) is 0 Å². The Bertz CT molecular complexity index is 768. The van der Waals surface area contributed by atoms with Gasteiger partial charge in [0.2, 0.25) is 6.79 Å². The van der Waals surface area contributed by atoms with E-state index >= 15 is 0 Å². The summed E-state index contributed by atoms with van der Waals surface area (Å²) in [5.74, 6) is 1.64. The maximum Gasteiger partial charge on any atom is 0.261 e. The predicted molar refractivity (Wildman–Crippen MR) is 93.7 cm³/mol. The number of carbonyl (C=O) groups excluding carboxylic acids is 1. The number of fused-ring (bicyclic) bond motifs is 1. The third kappa shape index (κ3) is 3.94. The molecule has 1 aliphatic heterocycles. The first-order valence-corrected chi connectivity index (χ1v) is 8.48. The van der Waals surface area contributed by atoms with Crippen molar-refractivity contribution in [3.05, 3.63) is 51.5 Å². The van der Waals surface area contributed by atoms with E-state index in [1.807, 2.05) is 18.2 Å². The van der Waals surface area contributed by atoms with Crippen molar-refractivity contribution in [1.29, 1.82) is 0 Å². The number of carbonyl (C=O) groups is 1. The fourth-order valence-electron chi connectivity index (χ4n) is 2.20. The highest BCUT2D eigenvalue weighted by molar-refractivity contribution is 9.10. The van der Waals surface area contributed by atoms with E-state index in [0.29, 0.717) is 28.8 Å². The van der Waals surface area contributed by atoms with Crippen molar-refractivity contribution < 1.29 is 19.0 Å². The number of amides is 1. The molecule has 3 rings (SSSR count). The summed E-state index contributed by atoms with van der Waals surface area (Å²) in [6.07, 6.45) is -0.669. The van der Waals surface area contributed by atoms with Crippen LogP contribution in [0.3, 0.4) is 0 Å². The van der Waals surface area contributed by atoms with Crippen LogP contribution in [0.4, 0.5) is 0 Å². The Morgan fingerprint density at radius 2 is 2.08 bits per heavy atom. The van der Waals surface area contributed by atoms with E-state index in [2.05, 4.69) is 21.2 Å². The van der Waals surface area contributed by atoms with Gasteiger partial charge in [-0.1, -0.05) is 33.6 Å². The zero-order chi connectivity index (χ0) is 17.1. The topological polar surface area (TPSA) is 56.8 Å². The molecule has 7 heteroatoms. The third-order valence-corrected chi connectivity index (χ3v) is 4.26. The number of nitrogens with one attached hydrogen (secondary N) is 1. The molecule has 1 unspecified atom stereocenters. The van der Waals surface area contributed by atoms with Crippen LogP contribution in [-0.4, -0.2) is 18.8 Å². The molecule has 2 aromatic carbocycles. The van der Waals surface area contributed by atoms with Gasteiger partial charge in [0.25, 0.3) is 5.91 Å². The van der Waals surface area contributed by atoms with Gasteiger partial charge in [-0.2, -0.15) is 0 Å². The van der Waals surface area contributed by atoms with Crippen LogP contribution < -0.4 is 19.5 Å². The summed E-state index contributed by atoms with van der Waals surface area (Å²) in [7, 11) is 0. The molecule has 1 amide bonds. The Labute approximate surface area is 153 Å². The Morgan fingerprint density at radius 1 is 1.29 bits per heavy atom. The first kappa shape index (κ1) is 16.9. The standard InChI is InChI=1S/C17H15BrClNO4/c1-10(24-14-5-3-12(18)7-13(14)19)17(21)20-8-11-2-4-15-16(6-11)23-9-22-15/h2-7,10H,8-9H2,1H3,(H,20,21). The second kappa shape index (κ2) is 7.32. The van der Waals surface area contributed by atoms with Crippen LogP contribution in [-0.2, 0) is 11.3 Å². The van der Waals surface area contributed by atoms with Crippen molar-refractivity contribution >= 4 is 33.4 Å². The van der Waals surface area contributed by atoms with Crippen LogP contribution in [0.5, 0.6) is 17.2 Å². The highest BCUT2D eigenvalue weighted by Crippen LogP contribution is 2.32. The van der Waals surface area contributed by atoms with Crippen molar-refractivity contribution in [3.63, 3.8) is 0 Å². The molecule has 1 heterocycles. The highest BCUT2D eigenvalue weighted by Gasteiger charge is 2.17. The van der Waals surface area contributed by atoms with Gasteiger partial charge in [-0.3, -0.25) is 4.79 Å². The molecule has 0 radical (unpaired) electrons. The number of hydrogen-bond acceptors (Lipinski definition) is 4. The second-order valence-corrected chi connectivity index (χ2v) is 6.56. The Hall–Kier alpha value is -1.92. The zero-order valence-electron chi connectivity index (χ0n) is 12.8. The third-order valence-electron chi connectivity index (χ3n) is 3.47. The number of rotatable bonds is 5. The summed E-state index contributed by atoms with van der Waals surface area (Å²) in [4.78, 5) is 12.2. The molecule has 0 aliphatic carbocycles. The average molecular weight is 413 g/mol. The van der Waals surface area contributed by atoms with Crippen molar-refractivity contribution in [2.24, 2.45) is 0 Å². The molecule has 24 heavy (non-hydrogen) atoms. The summed E-state index contributed by atoms with van der Waals surface area (Å²) in [5.41, 5.74) is 0.918. The first-order valence-electron chi connectivity index (χ1n) is 7.31. The van der Waals surface area contributed by atoms with Gasteiger partial charge in [-0.25, -0.2) is 0 Å². The van der Waals surface area contributed by atoms with Crippen LogP contribution in [0.15, 0.2) is 40.9 Å². The summed E-state index contributed by atoms with van der Waals surface area (Å²) >= 11 is 9.42. The maximum absolute atomic E-state index is 12.2. The molecular formula is C17H15BrClNO4. The normalized spacial score (nSPS) is 13.5. The molecule has 2 aromatic rings. The van der Waals surface area contributed by atoms with Gasteiger partial charge in [0.15, 0.2) is 17.6 Å². The molecule has 0 saturated carbocycles. The van der Waals surface area contributed by atoms with Gasteiger partial charge >= 0.3 is 0 Å². The van der Waals surface area contributed by atoms with Crippen LogP contribution >= 0.6 is 27.5 Å². The Morgan fingerprint density at radius 3 is 2.88 bits per heavy atom. The molecule has 1 aliphatic rings. The van der Waals surface area contributed by atoms with E-state index in [4.69, 9.17) is 25.8 Å². The average Bonchev–Trinajstić information content (AvgIpc) is 3.02. The number of benzene rings is 2. The van der Waals surface area contributed by atoms with Crippen LogP contribution in [0.2, 0.25) is 5.02 Å². The zero-order valence-corrected chi connectivity index (χ0v) is 15.2. The molecule has 1 N–H and O–H groups in total. The van der Waals surface area contributed by atoms with E-state index in [9.17, 15) is 4.79 Å². The molecular weight excluding hydrogens is 398 g/mol. The van der Waals surface area contributed by atoms with Crippen LogP contribution in [0.1, 0.15) is 12.5 Å². The van der Waals surface area contributed by atoms with E-state index < -0.39 is 6.10 Å². The summed E-state index contributed by atoms with van der Waals surface area (Å²) < 4.78 is 17.0. The lowest BCUT2D eigenvalue weighted by atomic mass is 10.2. The molecule has 126 valence electrons. The van der Waals surface area contributed by atoms with Crippen molar-refractivity contribution in [2.45, 2.75) is 19.6 Å². The minimum absolute atomic E-state index is 0.226. The van der Waals surface area contributed by atoms with E-state index in [1.165, 1.54) is 0 Å². The summed E-state index contributed by atoms with van der Waals surface area (Å²) in [5, 5.41) is 3.27. The minimum Gasteiger partial charge on any atom is -0.479 e. The molecule has 1 atom stereocenters. The maximum atomic E-state index is 12.2. The van der Waals surface area contributed by atoms with Crippen LogP contribution in [0.25, 0.3) is 0 Å². The Balaban J connectivity index is 1.56. The lowest BCUT2D eigenvalue weighted by Crippen LogP contribution is -2.35. The number of halogens is 2. The van der Waals surface area contributed by atoms with Gasteiger partial charge in [0.1, 0.15) is 5.75 Å². The molecule has 0 saturated heterocycles. The Kier molecular flexibility index (Phi) is 5.16. The first-order chi connectivity index (χ1) is 11.5. The quantitative estimate of drug-likeness (QED) is 0.809. The van der Waals surface area contributed by atoms with Crippen molar-refractivity contribution in [1.82, 2.24) is 5.32 Å². The fourth-order valence-corrected chi connectivity index (χ4v) is 2.92. The van der Waals surface area contributed by atoms with Gasteiger partial charge < -0.3 is 19.5 Å². The minimum atomic E-state index is -0.669. The lowest BCUT2D eigenvalue weighted by Gasteiger charge is -2.16. The van der Waals surface area contributed by atoms with E-state index in [-0.39, 0.29) is 12.7 Å². The van der Waals surface area contributed by atoms with E-state index in [0.717, 1.165) is 10.0 Å². The molecule has 0 spiro atoms. The number of hydrogen-bond donors (Lipinski definition) is 1. The van der Waals surface area contributed by atoms with Gasteiger partial charge in [-0.05, 0) is 42.8 Å². The fraction of sp³-hybridized carbons (Fsp3) is 0.235. The summed E-state index contributed by atoms with van der Waals surface area (Å²) in [6.45, 7) is 2.27. The van der Waals surface area contributed by atoms with Gasteiger partial charge in [0, 0.05) is 11.0 Å². The van der Waals surface area contributed by atoms with Crippen molar-refractivity contribution in [2.75, 3.05) is 6.79 Å². The lowest BCUT2D eigenvalue weighted by molar-refractivity contribution is -0.127. The number of ether oxygens (including phenoxy) is 3. The highest BCUT2D eigenvalue weighted by atomic mass is 79.9. The largest absolute Gasteiger partial charge is 0.479 e. The van der Waals surface area contributed by atoms with E-state index in [1.54, 1.807) is 25.1 Å². The SMILES string of the molecule is CC(Oc1ccc(Br)cc1Cl)C(=O)NCc1ccc2c(c1)OCO2. The molecule has 5 nitrogen and oxygen atoms in total. The molecule has 0 fully saturated rings.